The average Bonchev–Trinajstić information content (AvgIpc) is 2.74. The number of aromatic nitrogens is 1. The van der Waals surface area contributed by atoms with E-state index < -0.39 is 0 Å². The van der Waals surface area contributed by atoms with Gasteiger partial charge in [0.1, 0.15) is 6.26 Å². The van der Waals surface area contributed by atoms with Crippen LogP contribution in [0.3, 0.4) is 0 Å². The maximum absolute atomic E-state index is 5.12. The van der Waals surface area contributed by atoms with E-state index in [0.29, 0.717) is 6.04 Å². The molecule has 0 bridgehead atoms. The van der Waals surface area contributed by atoms with Gasteiger partial charge in [-0.15, -0.1) is 0 Å². The Morgan fingerprint density at radius 3 is 3.00 bits per heavy atom. The van der Waals surface area contributed by atoms with Gasteiger partial charge < -0.3 is 9.73 Å². The largest absolute Gasteiger partial charge is 0.448 e. The number of rotatable bonds is 3. The first kappa shape index (κ1) is 7.80. The molecule has 1 aromatic heterocycles. The molecule has 1 saturated carbocycles. The van der Waals surface area contributed by atoms with Crippen molar-refractivity contribution in [1.29, 1.82) is 0 Å². The van der Waals surface area contributed by atoms with Crippen molar-refractivity contribution in [3.8, 4) is 0 Å². The van der Waals surface area contributed by atoms with Gasteiger partial charge in [-0.05, 0) is 12.8 Å². The molecule has 1 aromatic rings. The van der Waals surface area contributed by atoms with Crippen LogP contribution >= 0.6 is 0 Å². The van der Waals surface area contributed by atoms with Gasteiger partial charge in [0.25, 0.3) is 0 Å². The SMILES string of the molecule is c1coc(CNC2CCCC2)n1. The summed E-state index contributed by atoms with van der Waals surface area (Å²) in [5, 5.41) is 3.43. The van der Waals surface area contributed by atoms with Crippen LogP contribution in [0.1, 0.15) is 31.6 Å². The molecule has 3 heteroatoms. The molecule has 1 aliphatic rings. The van der Waals surface area contributed by atoms with Crippen LogP contribution in [0.4, 0.5) is 0 Å². The van der Waals surface area contributed by atoms with Gasteiger partial charge in [0.05, 0.1) is 12.7 Å². The average molecular weight is 166 g/mol. The second-order valence-corrected chi connectivity index (χ2v) is 3.29. The smallest absolute Gasteiger partial charge is 0.207 e. The van der Waals surface area contributed by atoms with Crippen molar-refractivity contribution < 1.29 is 4.42 Å². The summed E-state index contributed by atoms with van der Waals surface area (Å²) in [6, 6.07) is 0.692. The topological polar surface area (TPSA) is 38.1 Å². The van der Waals surface area contributed by atoms with E-state index in [1.807, 2.05) is 0 Å². The van der Waals surface area contributed by atoms with E-state index in [1.54, 1.807) is 12.5 Å². The van der Waals surface area contributed by atoms with Crippen LogP contribution in [0.2, 0.25) is 0 Å². The first-order valence-corrected chi connectivity index (χ1v) is 4.57. The Morgan fingerprint density at radius 1 is 1.50 bits per heavy atom. The highest BCUT2D eigenvalue weighted by atomic mass is 16.3. The number of hydrogen-bond donors (Lipinski definition) is 1. The molecule has 3 nitrogen and oxygen atoms in total. The Labute approximate surface area is 72.2 Å². The summed E-state index contributed by atoms with van der Waals surface area (Å²) in [4.78, 5) is 4.05. The lowest BCUT2D eigenvalue weighted by atomic mass is 10.2. The molecule has 0 atom stereocenters. The van der Waals surface area contributed by atoms with Gasteiger partial charge >= 0.3 is 0 Å². The van der Waals surface area contributed by atoms with Crippen molar-refractivity contribution in [3.05, 3.63) is 18.4 Å². The first-order valence-electron chi connectivity index (χ1n) is 4.57. The van der Waals surface area contributed by atoms with Crippen molar-refractivity contribution in [2.75, 3.05) is 0 Å². The minimum absolute atomic E-state index is 0.692. The van der Waals surface area contributed by atoms with Crippen LogP contribution in [0.25, 0.3) is 0 Å². The first-order chi connectivity index (χ1) is 5.95. The lowest BCUT2D eigenvalue weighted by molar-refractivity contribution is 0.434. The van der Waals surface area contributed by atoms with E-state index in [-0.39, 0.29) is 0 Å². The van der Waals surface area contributed by atoms with E-state index in [2.05, 4.69) is 10.3 Å². The number of hydrogen-bond acceptors (Lipinski definition) is 3. The fraction of sp³-hybridized carbons (Fsp3) is 0.667. The summed E-state index contributed by atoms with van der Waals surface area (Å²) < 4.78 is 5.12. The monoisotopic (exact) mass is 166 g/mol. The highest BCUT2D eigenvalue weighted by molar-refractivity contribution is 4.81. The van der Waals surface area contributed by atoms with Crippen molar-refractivity contribution in [1.82, 2.24) is 10.3 Å². The second-order valence-electron chi connectivity index (χ2n) is 3.29. The highest BCUT2D eigenvalue weighted by Crippen LogP contribution is 2.17. The van der Waals surface area contributed by atoms with Crippen LogP contribution < -0.4 is 5.32 Å². The quantitative estimate of drug-likeness (QED) is 0.742. The van der Waals surface area contributed by atoms with Crippen molar-refractivity contribution in [2.45, 2.75) is 38.3 Å². The molecule has 0 unspecified atom stereocenters. The molecule has 1 fully saturated rings. The molecular formula is C9H14N2O. The van der Waals surface area contributed by atoms with Gasteiger partial charge in [0.2, 0.25) is 5.89 Å². The molecule has 0 spiro atoms. The Morgan fingerprint density at radius 2 is 2.33 bits per heavy atom. The van der Waals surface area contributed by atoms with Gasteiger partial charge in [0, 0.05) is 6.04 Å². The van der Waals surface area contributed by atoms with Crippen molar-refractivity contribution in [3.63, 3.8) is 0 Å². The van der Waals surface area contributed by atoms with Gasteiger partial charge in [-0.1, -0.05) is 12.8 Å². The number of nitrogens with zero attached hydrogens (tertiary/aromatic N) is 1. The van der Waals surface area contributed by atoms with Gasteiger partial charge in [0.15, 0.2) is 0 Å². The molecule has 1 heterocycles. The maximum Gasteiger partial charge on any atom is 0.207 e. The lowest BCUT2D eigenvalue weighted by Gasteiger charge is -2.08. The molecule has 0 saturated heterocycles. The minimum atomic E-state index is 0.692. The number of nitrogens with one attached hydrogen (secondary N) is 1. The highest BCUT2D eigenvalue weighted by Gasteiger charge is 2.14. The van der Waals surface area contributed by atoms with Gasteiger partial charge in [-0.3, -0.25) is 0 Å². The fourth-order valence-electron chi connectivity index (χ4n) is 1.70. The number of oxazole rings is 1. The molecule has 0 aliphatic heterocycles. The zero-order chi connectivity index (χ0) is 8.23. The molecule has 0 amide bonds. The zero-order valence-electron chi connectivity index (χ0n) is 7.12. The molecule has 0 aromatic carbocycles. The van der Waals surface area contributed by atoms with Crippen LogP contribution in [0.5, 0.6) is 0 Å². The standard InChI is InChI=1S/C9H14N2O/c1-2-4-8(3-1)11-7-9-10-5-6-12-9/h5-6,8,11H,1-4,7H2. The summed E-state index contributed by atoms with van der Waals surface area (Å²) in [6.45, 7) is 0.775. The van der Waals surface area contributed by atoms with Crippen LogP contribution in [0.15, 0.2) is 16.9 Å². The van der Waals surface area contributed by atoms with E-state index in [4.69, 9.17) is 4.42 Å². The van der Waals surface area contributed by atoms with E-state index in [9.17, 15) is 0 Å². The second kappa shape index (κ2) is 3.72. The maximum atomic E-state index is 5.12. The summed E-state index contributed by atoms with van der Waals surface area (Å²) in [5.74, 6) is 0.793. The summed E-state index contributed by atoms with van der Waals surface area (Å²) in [5.41, 5.74) is 0. The van der Waals surface area contributed by atoms with Gasteiger partial charge in [-0.2, -0.15) is 0 Å². The fourth-order valence-corrected chi connectivity index (χ4v) is 1.70. The molecule has 1 aliphatic carbocycles. The molecular weight excluding hydrogens is 152 g/mol. The molecule has 0 radical (unpaired) electrons. The lowest BCUT2D eigenvalue weighted by Crippen LogP contribution is -2.25. The van der Waals surface area contributed by atoms with Crippen LogP contribution in [-0.2, 0) is 6.54 Å². The normalized spacial score (nSPS) is 18.7. The summed E-state index contributed by atoms with van der Waals surface area (Å²) in [7, 11) is 0. The third-order valence-corrected chi connectivity index (χ3v) is 2.38. The Hall–Kier alpha value is -0.830. The van der Waals surface area contributed by atoms with Gasteiger partial charge in [-0.25, -0.2) is 4.98 Å². The molecule has 1 N–H and O–H groups in total. The van der Waals surface area contributed by atoms with Crippen molar-refractivity contribution in [2.24, 2.45) is 0 Å². The summed E-state index contributed by atoms with van der Waals surface area (Å²) in [6.07, 6.45) is 8.64. The van der Waals surface area contributed by atoms with Crippen LogP contribution in [-0.4, -0.2) is 11.0 Å². The van der Waals surface area contributed by atoms with E-state index >= 15 is 0 Å². The predicted molar refractivity (Wildman–Crippen MR) is 45.6 cm³/mol. The Balaban J connectivity index is 1.74. The third-order valence-electron chi connectivity index (χ3n) is 2.38. The summed E-state index contributed by atoms with van der Waals surface area (Å²) >= 11 is 0. The van der Waals surface area contributed by atoms with E-state index in [0.717, 1.165) is 12.4 Å². The minimum Gasteiger partial charge on any atom is -0.448 e. The molecule has 2 rings (SSSR count). The van der Waals surface area contributed by atoms with E-state index in [1.165, 1.54) is 25.7 Å². The predicted octanol–water partition coefficient (Wildman–Crippen LogP) is 1.71. The Kier molecular flexibility index (Phi) is 2.42. The van der Waals surface area contributed by atoms with Crippen molar-refractivity contribution >= 4 is 0 Å². The molecule has 66 valence electrons. The third kappa shape index (κ3) is 1.85. The molecule has 12 heavy (non-hydrogen) atoms. The zero-order valence-corrected chi connectivity index (χ0v) is 7.12. The Bertz CT molecular complexity index is 214. The van der Waals surface area contributed by atoms with Crippen LogP contribution in [0, 0.1) is 0 Å².